The molecular weight excluding hydrogens is 501 g/mol. The van der Waals surface area contributed by atoms with E-state index in [1.807, 2.05) is 19.1 Å². The van der Waals surface area contributed by atoms with Gasteiger partial charge in [0.25, 0.3) is 0 Å². The maximum absolute atomic E-state index is 11.6. The first-order chi connectivity index (χ1) is 13.1. The molecule has 0 spiro atoms. The number of sulfone groups is 1. The fraction of sp³-hybridized carbons (Fsp3) is 0.667. The highest BCUT2D eigenvalue weighted by atomic mass is 127. The lowest BCUT2D eigenvalue weighted by Crippen LogP contribution is -2.39. The summed E-state index contributed by atoms with van der Waals surface area (Å²) in [7, 11) is -2.98. The van der Waals surface area contributed by atoms with E-state index >= 15 is 0 Å². The summed E-state index contributed by atoms with van der Waals surface area (Å²) in [5.74, 6) is 2.31. The molecule has 0 bridgehead atoms. The summed E-state index contributed by atoms with van der Waals surface area (Å²) in [6, 6.07) is 8.17. The minimum absolute atomic E-state index is 0. The van der Waals surface area contributed by atoms with E-state index in [4.69, 9.17) is 4.74 Å². The van der Waals surface area contributed by atoms with Gasteiger partial charge in [-0.3, -0.25) is 4.99 Å². The zero-order valence-corrected chi connectivity index (χ0v) is 21.3. The Balaban J connectivity index is 0.00000420. The van der Waals surface area contributed by atoms with Crippen LogP contribution in [0, 0.1) is 11.3 Å². The van der Waals surface area contributed by atoms with Gasteiger partial charge < -0.3 is 15.4 Å². The first-order valence-corrected chi connectivity index (χ1v) is 12.1. The van der Waals surface area contributed by atoms with Gasteiger partial charge in [0.2, 0.25) is 0 Å². The molecule has 166 valence electrons. The van der Waals surface area contributed by atoms with Crippen LogP contribution in [0.5, 0.6) is 5.75 Å². The number of halogens is 1. The van der Waals surface area contributed by atoms with E-state index in [2.05, 4.69) is 48.5 Å². The van der Waals surface area contributed by atoms with Crippen LogP contribution >= 0.6 is 24.0 Å². The first kappa shape index (κ1) is 26.0. The predicted octanol–water partition coefficient (Wildman–Crippen LogP) is 3.78. The van der Waals surface area contributed by atoms with Crippen molar-refractivity contribution < 1.29 is 13.2 Å². The van der Waals surface area contributed by atoms with Crippen LogP contribution in [0.15, 0.2) is 29.3 Å². The Hall–Kier alpha value is -1.03. The molecule has 0 radical (unpaired) electrons. The Morgan fingerprint density at radius 1 is 1.21 bits per heavy atom. The third-order valence-corrected chi connectivity index (χ3v) is 5.90. The minimum Gasteiger partial charge on any atom is -0.493 e. The molecule has 0 aliphatic heterocycles. The fourth-order valence-corrected chi connectivity index (χ4v) is 4.54. The average Bonchev–Trinajstić information content (AvgIpc) is 3.36. The highest BCUT2D eigenvalue weighted by molar-refractivity contribution is 14.0. The number of rotatable bonds is 10. The average molecular weight is 538 g/mol. The number of nitrogens with zero attached hydrogens (tertiary/aromatic N) is 1. The van der Waals surface area contributed by atoms with Crippen molar-refractivity contribution in [1.29, 1.82) is 0 Å². The van der Waals surface area contributed by atoms with Crippen molar-refractivity contribution in [3.63, 3.8) is 0 Å². The van der Waals surface area contributed by atoms with E-state index in [9.17, 15) is 8.42 Å². The molecule has 6 nitrogen and oxygen atoms in total. The van der Waals surface area contributed by atoms with Gasteiger partial charge >= 0.3 is 0 Å². The van der Waals surface area contributed by atoms with E-state index in [0.29, 0.717) is 19.1 Å². The molecule has 1 saturated carbocycles. The van der Waals surface area contributed by atoms with Crippen LogP contribution in [-0.4, -0.2) is 46.1 Å². The Morgan fingerprint density at radius 2 is 1.83 bits per heavy atom. The minimum atomic E-state index is -2.98. The maximum atomic E-state index is 11.6. The Labute approximate surface area is 193 Å². The molecule has 1 atom stereocenters. The molecule has 8 heteroatoms. The highest BCUT2D eigenvalue weighted by Crippen LogP contribution is 2.46. The van der Waals surface area contributed by atoms with Crippen LogP contribution in [0.1, 0.15) is 52.1 Å². The number of hydrogen-bond acceptors (Lipinski definition) is 4. The van der Waals surface area contributed by atoms with Gasteiger partial charge in [-0.05, 0) is 50.3 Å². The summed E-state index contributed by atoms with van der Waals surface area (Å²) in [6.07, 6.45) is 3.16. The van der Waals surface area contributed by atoms with Gasteiger partial charge in [-0.15, -0.1) is 24.0 Å². The van der Waals surface area contributed by atoms with E-state index < -0.39 is 9.84 Å². The number of nitrogens with one attached hydrogen (secondary N) is 2. The van der Waals surface area contributed by atoms with Crippen molar-refractivity contribution in [2.24, 2.45) is 16.3 Å². The SMILES string of the molecule is CCNC(=NCC1(CS(C)(=O)=O)CC1)NC(C)c1ccc(OCC(C)C)cc1.I. The van der Waals surface area contributed by atoms with Crippen molar-refractivity contribution >= 4 is 39.8 Å². The van der Waals surface area contributed by atoms with Gasteiger partial charge in [0, 0.05) is 24.8 Å². The standard InChI is InChI=1S/C21H35N3O3S.HI/c1-6-22-20(23-14-21(11-12-21)15-28(5,25)26)24-17(4)18-7-9-19(10-8-18)27-13-16(2)3;/h7-10,16-17H,6,11-15H2,1-5H3,(H2,22,23,24);1H. The van der Waals surface area contributed by atoms with Crippen molar-refractivity contribution in [2.45, 2.75) is 46.6 Å². The second kappa shape index (κ2) is 11.4. The van der Waals surface area contributed by atoms with E-state index in [1.165, 1.54) is 6.26 Å². The summed E-state index contributed by atoms with van der Waals surface area (Å²) in [6.45, 7) is 10.4. The zero-order valence-electron chi connectivity index (χ0n) is 18.2. The fourth-order valence-electron chi connectivity index (χ4n) is 3.05. The summed E-state index contributed by atoms with van der Waals surface area (Å²) >= 11 is 0. The number of guanidine groups is 1. The molecule has 0 amide bonds. The highest BCUT2D eigenvalue weighted by Gasteiger charge is 2.45. The van der Waals surface area contributed by atoms with Crippen LogP contribution in [0.3, 0.4) is 0 Å². The monoisotopic (exact) mass is 537 g/mol. The van der Waals surface area contributed by atoms with Gasteiger partial charge in [0.15, 0.2) is 5.96 Å². The van der Waals surface area contributed by atoms with Gasteiger partial charge in [0.1, 0.15) is 15.6 Å². The molecule has 1 aliphatic rings. The van der Waals surface area contributed by atoms with Gasteiger partial charge in [-0.1, -0.05) is 26.0 Å². The molecule has 2 N–H and O–H groups in total. The van der Waals surface area contributed by atoms with Gasteiger partial charge in [-0.25, -0.2) is 8.42 Å². The smallest absolute Gasteiger partial charge is 0.191 e. The second-order valence-corrected chi connectivity index (χ2v) is 10.5. The Kier molecular flexibility index (Phi) is 10.2. The molecule has 1 aromatic rings. The predicted molar refractivity (Wildman–Crippen MR) is 131 cm³/mol. The topological polar surface area (TPSA) is 79.8 Å². The molecule has 0 saturated heterocycles. The molecule has 1 unspecified atom stereocenters. The van der Waals surface area contributed by atoms with E-state index in [1.54, 1.807) is 0 Å². The van der Waals surface area contributed by atoms with Crippen LogP contribution < -0.4 is 15.4 Å². The summed E-state index contributed by atoms with van der Waals surface area (Å²) in [5.41, 5.74) is 0.967. The molecule has 0 heterocycles. The van der Waals surface area contributed by atoms with Gasteiger partial charge in [0.05, 0.1) is 18.4 Å². The Morgan fingerprint density at radius 3 is 2.31 bits per heavy atom. The number of benzene rings is 1. The van der Waals surface area contributed by atoms with Crippen molar-refractivity contribution in [3.8, 4) is 5.75 Å². The van der Waals surface area contributed by atoms with Crippen LogP contribution in [0.4, 0.5) is 0 Å². The molecule has 0 aromatic heterocycles. The third-order valence-electron chi connectivity index (χ3n) is 4.76. The van der Waals surface area contributed by atoms with Crippen LogP contribution in [-0.2, 0) is 9.84 Å². The summed E-state index contributed by atoms with van der Waals surface area (Å²) in [5, 5.41) is 6.67. The Bertz CT molecular complexity index is 760. The molecule has 2 rings (SSSR count). The molecule has 29 heavy (non-hydrogen) atoms. The lowest BCUT2D eigenvalue weighted by Gasteiger charge is -2.20. The third kappa shape index (κ3) is 9.55. The normalized spacial score (nSPS) is 16.7. The zero-order chi connectivity index (χ0) is 20.8. The molecule has 1 fully saturated rings. The largest absolute Gasteiger partial charge is 0.493 e. The number of aliphatic imine (C=N–C) groups is 1. The molecule has 1 aliphatic carbocycles. The quantitative estimate of drug-likeness (QED) is 0.270. The van der Waals surface area contributed by atoms with Crippen LogP contribution in [0.25, 0.3) is 0 Å². The molecule has 1 aromatic carbocycles. The second-order valence-electron chi connectivity index (χ2n) is 8.41. The van der Waals surface area contributed by atoms with E-state index in [0.717, 1.165) is 36.7 Å². The van der Waals surface area contributed by atoms with Crippen molar-refractivity contribution in [1.82, 2.24) is 10.6 Å². The number of ether oxygens (including phenoxy) is 1. The lowest BCUT2D eigenvalue weighted by molar-refractivity contribution is 0.271. The maximum Gasteiger partial charge on any atom is 0.191 e. The van der Waals surface area contributed by atoms with Crippen molar-refractivity contribution in [3.05, 3.63) is 29.8 Å². The number of hydrogen-bond donors (Lipinski definition) is 2. The van der Waals surface area contributed by atoms with Gasteiger partial charge in [-0.2, -0.15) is 0 Å². The van der Waals surface area contributed by atoms with E-state index in [-0.39, 0.29) is 41.2 Å². The lowest BCUT2D eigenvalue weighted by atomic mass is 10.1. The van der Waals surface area contributed by atoms with Crippen molar-refractivity contribution in [2.75, 3.05) is 31.7 Å². The van der Waals surface area contributed by atoms with Crippen LogP contribution in [0.2, 0.25) is 0 Å². The summed E-state index contributed by atoms with van der Waals surface area (Å²) < 4.78 is 29.0. The summed E-state index contributed by atoms with van der Waals surface area (Å²) in [4.78, 5) is 4.67. The first-order valence-electron chi connectivity index (χ1n) is 10.1. The molecular formula is C21H36IN3O3S.